The smallest absolute Gasteiger partial charge is 0.312 e. The van der Waals surface area contributed by atoms with Crippen molar-refractivity contribution in [3.8, 4) is 0 Å². The summed E-state index contributed by atoms with van der Waals surface area (Å²) in [5.74, 6) is -3.36. The lowest BCUT2D eigenvalue weighted by Crippen LogP contribution is -2.54. The highest BCUT2D eigenvalue weighted by atomic mass is 16.5. The maximum absolute atomic E-state index is 14.8. The van der Waals surface area contributed by atoms with Gasteiger partial charge < -0.3 is 45.7 Å². The Kier molecular flexibility index (Phi) is 27.3. The number of rotatable bonds is 33. The highest BCUT2D eigenvalue weighted by molar-refractivity contribution is 5.92. The van der Waals surface area contributed by atoms with E-state index in [4.69, 9.17) is 19.9 Å². The number of ether oxygens (including phenoxy) is 3. The number of nitrogens with zero attached hydrogens (tertiary/aromatic N) is 3. The van der Waals surface area contributed by atoms with Crippen LogP contribution in [0.1, 0.15) is 142 Å². The molecule has 5 N–H and O–H groups in total. The van der Waals surface area contributed by atoms with E-state index in [1.54, 1.807) is 57.4 Å². The molecule has 1 aliphatic heterocycles. The van der Waals surface area contributed by atoms with E-state index < -0.39 is 60.1 Å². The molecule has 0 radical (unpaired) electrons. The minimum Gasteiger partial charge on any atom is -0.461 e. The molecular weight excluding hydrogens is 1010 g/mol. The van der Waals surface area contributed by atoms with Crippen molar-refractivity contribution in [3.63, 3.8) is 0 Å². The van der Waals surface area contributed by atoms with E-state index in [2.05, 4.69) is 29.8 Å². The van der Waals surface area contributed by atoms with Gasteiger partial charge in [0, 0.05) is 64.2 Å². The largest absolute Gasteiger partial charge is 0.461 e. The summed E-state index contributed by atoms with van der Waals surface area (Å²) in [6, 6.07) is 23.7. The van der Waals surface area contributed by atoms with E-state index in [1.807, 2.05) is 119 Å². The van der Waals surface area contributed by atoms with Crippen LogP contribution < -0.4 is 21.7 Å². The van der Waals surface area contributed by atoms with Crippen LogP contribution in [0, 0.1) is 35.5 Å². The second kappa shape index (κ2) is 32.9. The predicted molar refractivity (Wildman–Crippen MR) is 313 cm³/mol. The van der Waals surface area contributed by atoms with Gasteiger partial charge >= 0.3 is 12.0 Å². The summed E-state index contributed by atoms with van der Waals surface area (Å²) in [5.41, 5.74) is 8.10. The highest BCUT2D eigenvalue weighted by Crippen LogP contribution is 2.37. The molecule has 442 valence electrons. The third-order valence-electron chi connectivity index (χ3n) is 16.3. The number of benzene rings is 3. The van der Waals surface area contributed by atoms with E-state index in [9.17, 15) is 33.6 Å². The number of nitrogens with two attached hydrogens (primary N) is 1. The molecule has 17 nitrogen and oxygen atoms in total. The molecule has 1 fully saturated rings. The Hall–Kier alpha value is -6.17. The molecule has 3 aromatic rings. The number of anilines is 1. The van der Waals surface area contributed by atoms with Gasteiger partial charge in [-0.15, -0.1) is 0 Å². The molecule has 0 spiro atoms. The molecule has 11 atom stereocenters. The standard InChI is InChI=1S/C63H95N7O10/c1-14-42(7)58(69(11)62(76)49(40(3)4)36-52(71)57(41(5)6)68(9)10)53(78-12)38-54(72)70-35-23-29-51(70)59(79-13)43(8)60(74)67-56(47-26-20-17-21-27-47)50(46-24-18-16-19-25-46)37-55(73)80-39-44-30-32-48(33-31-44)66-61(75)45(15-2)28-22-34-65-63(64)77/h16-21,24-27,30-33,40-43,45,49-51,53,56-59H,14-15,22-23,28-29,34-39H2,1-13H3,(H,66,75)(H,67,74)(H3,64,65,77)/t42-,43+,45+,49-,50?,51-,53+,56-,57-,58?,59+/m1/s1. The minimum atomic E-state index is -0.743. The zero-order valence-corrected chi connectivity index (χ0v) is 50.1. The van der Waals surface area contributed by atoms with Crippen molar-refractivity contribution >= 4 is 47.1 Å². The van der Waals surface area contributed by atoms with E-state index in [0.717, 1.165) is 23.1 Å². The molecule has 17 heteroatoms. The lowest BCUT2D eigenvalue weighted by atomic mass is 9.83. The zero-order chi connectivity index (χ0) is 59.2. The summed E-state index contributed by atoms with van der Waals surface area (Å²) in [6.07, 6.45) is 2.56. The number of Topliss-reactive ketones (excluding diaryl/α,β-unsaturated/α-hetero) is 1. The van der Waals surface area contributed by atoms with Crippen LogP contribution in [-0.2, 0) is 49.6 Å². The maximum Gasteiger partial charge on any atom is 0.312 e. The lowest BCUT2D eigenvalue weighted by molar-refractivity contribution is -0.149. The van der Waals surface area contributed by atoms with Gasteiger partial charge in [-0.05, 0) is 92.8 Å². The van der Waals surface area contributed by atoms with Crippen LogP contribution in [0.25, 0.3) is 0 Å². The van der Waals surface area contributed by atoms with Crippen LogP contribution in [-0.4, -0.2) is 135 Å². The predicted octanol–water partition coefficient (Wildman–Crippen LogP) is 8.91. The van der Waals surface area contributed by atoms with E-state index >= 15 is 0 Å². The minimum absolute atomic E-state index is 0.00701. The van der Waals surface area contributed by atoms with Crippen molar-refractivity contribution in [1.29, 1.82) is 0 Å². The number of likely N-dealkylation sites (N-methyl/N-ethyl adjacent to an activating group) is 2. The number of likely N-dealkylation sites (tertiary alicyclic amines) is 1. The summed E-state index contributed by atoms with van der Waals surface area (Å²) < 4.78 is 18.2. The Morgan fingerprint density at radius 2 is 1.38 bits per heavy atom. The second-order valence-electron chi connectivity index (χ2n) is 22.8. The molecule has 1 saturated heterocycles. The summed E-state index contributed by atoms with van der Waals surface area (Å²) in [4.78, 5) is 101. The number of carbonyl (C=O) groups excluding carboxylic acids is 7. The number of amides is 6. The van der Waals surface area contributed by atoms with Gasteiger partial charge in [-0.1, -0.05) is 135 Å². The van der Waals surface area contributed by atoms with Gasteiger partial charge in [-0.2, -0.15) is 0 Å². The van der Waals surface area contributed by atoms with Gasteiger partial charge in [0.25, 0.3) is 0 Å². The van der Waals surface area contributed by atoms with Crippen LogP contribution >= 0.6 is 0 Å². The summed E-state index contributed by atoms with van der Waals surface area (Å²) in [7, 11) is 8.68. The molecule has 80 heavy (non-hydrogen) atoms. The van der Waals surface area contributed by atoms with Gasteiger partial charge in [-0.25, -0.2) is 4.79 Å². The number of esters is 1. The van der Waals surface area contributed by atoms with Gasteiger partial charge in [0.05, 0.1) is 55.1 Å². The molecule has 0 aromatic heterocycles. The maximum atomic E-state index is 14.8. The van der Waals surface area contributed by atoms with Crippen LogP contribution in [0.2, 0.25) is 0 Å². The molecule has 2 unspecified atom stereocenters. The fourth-order valence-corrected chi connectivity index (χ4v) is 11.7. The number of hydrogen-bond donors (Lipinski definition) is 4. The van der Waals surface area contributed by atoms with Crippen LogP contribution in [0.15, 0.2) is 84.9 Å². The van der Waals surface area contributed by atoms with Crippen molar-refractivity contribution in [1.82, 2.24) is 25.3 Å². The number of ketones is 1. The Labute approximate surface area is 477 Å². The summed E-state index contributed by atoms with van der Waals surface area (Å²) >= 11 is 0. The normalized spacial score (nSPS) is 17.3. The van der Waals surface area contributed by atoms with Crippen LogP contribution in [0.3, 0.4) is 0 Å². The topological polar surface area (TPSA) is 219 Å². The van der Waals surface area contributed by atoms with Gasteiger partial charge in [-0.3, -0.25) is 33.7 Å². The average Bonchev–Trinajstić information content (AvgIpc) is 3.95. The molecule has 0 saturated carbocycles. The second-order valence-corrected chi connectivity index (χ2v) is 22.8. The van der Waals surface area contributed by atoms with Gasteiger partial charge in [0.1, 0.15) is 6.61 Å². The Balaban J connectivity index is 1.51. The number of primary amides is 1. The number of urea groups is 1. The average molecular weight is 1110 g/mol. The van der Waals surface area contributed by atoms with E-state index in [0.29, 0.717) is 50.9 Å². The molecule has 4 rings (SSSR count). The van der Waals surface area contributed by atoms with Gasteiger partial charge in [0.2, 0.25) is 23.6 Å². The number of nitrogens with one attached hydrogen (secondary N) is 3. The third-order valence-corrected chi connectivity index (χ3v) is 16.3. The first-order chi connectivity index (χ1) is 38.1. The first kappa shape index (κ1) is 66.3. The fourth-order valence-electron chi connectivity index (χ4n) is 11.7. The first-order valence-corrected chi connectivity index (χ1v) is 28.9. The molecule has 3 aromatic carbocycles. The molecule has 1 heterocycles. The Morgan fingerprint density at radius 1 is 0.750 bits per heavy atom. The third kappa shape index (κ3) is 19.0. The van der Waals surface area contributed by atoms with E-state index in [-0.39, 0.29) is 85.0 Å². The Morgan fingerprint density at radius 3 is 1.91 bits per heavy atom. The Bertz CT molecular complexity index is 2410. The first-order valence-electron chi connectivity index (χ1n) is 28.9. The highest BCUT2D eigenvalue weighted by Gasteiger charge is 2.44. The van der Waals surface area contributed by atoms with Crippen molar-refractivity contribution in [2.75, 3.05) is 53.8 Å². The van der Waals surface area contributed by atoms with Crippen molar-refractivity contribution in [3.05, 3.63) is 102 Å². The lowest BCUT2D eigenvalue weighted by Gasteiger charge is -2.41. The fraction of sp³-hybridized carbons (Fsp3) is 0.603. The van der Waals surface area contributed by atoms with Crippen molar-refractivity contribution in [2.45, 2.75) is 162 Å². The number of carbonyl (C=O) groups is 7. The van der Waals surface area contributed by atoms with Crippen LogP contribution in [0.4, 0.5) is 10.5 Å². The van der Waals surface area contributed by atoms with E-state index in [1.165, 1.54) is 0 Å². The molecule has 1 aliphatic rings. The summed E-state index contributed by atoms with van der Waals surface area (Å²) in [5, 5.41) is 8.83. The summed E-state index contributed by atoms with van der Waals surface area (Å²) in [6.45, 7) is 16.7. The van der Waals surface area contributed by atoms with Gasteiger partial charge in [0.15, 0.2) is 5.78 Å². The molecular formula is C63H95N7O10. The number of hydrogen-bond acceptors (Lipinski definition) is 11. The SMILES string of the molecule is CC[C@@H](CCCNC(N)=O)C(=O)Nc1ccc(COC(=O)CC(c2ccccc2)[C@H](NC(=O)[C@@H](C)[C@H](OC)[C@H]2CCCN2C(=O)C[C@H](OC)C([C@H](C)CC)N(C)C(=O)[C@H](CC(=O)[C@@H](C(C)C)N(C)C)C(C)C)c2ccccc2)cc1. The van der Waals surface area contributed by atoms with Crippen molar-refractivity contribution < 1.29 is 47.8 Å². The molecule has 6 amide bonds. The quantitative estimate of drug-likeness (QED) is 0.0333. The number of methoxy groups -OCH3 is 2. The molecule has 0 aliphatic carbocycles. The molecule has 0 bridgehead atoms. The van der Waals surface area contributed by atoms with Crippen LogP contribution in [0.5, 0.6) is 0 Å². The van der Waals surface area contributed by atoms with Crippen molar-refractivity contribution in [2.24, 2.45) is 41.2 Å². The monoisotopic (exact) mass is 1110 g/mol. The zero-order valence-electron chi connectivity index (χ0n) is 50.1.